The van der Waals surface area contributed by atoms with E-state index in [-0.39, 0.29) is 17.4 Å². The minimum absolute atomic E-state index is 0.192. The molecule has 0 saturated carbocycles. The van der Waals surface area contributed by atoms with E-state index < -0.39 is 0 Å². The van der Waals surface area contributed by atoms with Crippen LogP contribution in [0, 0.1) is 6.92 Å². The first-order valence-corrected chi connectivity index (χ1v) is 5.65. The van der Waals surface area contributed by atoms with E-state index >= 15 is 0 Å². The second-order valence-corrected chi connectivity index (χ2v) is 4.00. The summed E-state index contributed by atoms with van der Waals surface area (Å²) in [5.74, 6) is 0.489. The lowest BCUT2D eigenvalue weighted by Crippen LogP contribution is -2.15. The monoisotopic (exact) mass is 258 g/mol. The molecule has 2 rings (SSSR count). The Hall–Kier alpha value is -2.63. The lowest BCUT2D eigenvalue weighted by molar-refractivity contribution is 0.102. The number of hydrogen-bond acceptors (Lipinski definition) is 5. The van der Waals surface area contributed by atoms with Crippen molar-refractivity contribution < 1.29 is 9.53 Å². The van der Waals surface area contributed by atoms with E-state index in [9.17, 15) is 4.79 Å². The third-order valence-corrected chi connectivity index (χ3v) is 2.52. The average Bonchev–Trinajstić information content (AvgIpc) is 2.39. The largest absolute Gasteiger partial charge is 0.495 e. The maximum absolute atomic E-state index is 12.0. The first kappa shape index (κ1) is 12.8. The number of ether oxygens (including phenoxy) is 1. The third kappa shape index (κ3) is 2.98. The Labute approximate surface area is 110 Å². The molecule has 1 amide bonds. The molecule has 1 heterocycles. The van der Waals surface area contributed by atoms with E-state index in [0.29, 0.717) is 11.4 Å². The lowest BCUT2D eigenvalue weighted by atomic mass is 10.2. The average molecular weight is 258 g/mol. The topological polar surface area (TPSA) is 90.1 Å². The summed E-state index contributed by atoms with van der Waals surface area (Å²) in [5, 5.41) is 10.1. The number of rotatable bonds is 3. The predicted octanol–water partition coefficient (Wildman–Crippen LogP) is 1.63. The van der Waals surface area contributed by atoms with Crippen molar-refractivity contribution in [3.05, 3.63) is 41.6 Å². The molecule has 0 aliphatic rings. The van der Waals surface area contributed by atoms with Crippen LogP contribution in [0.25, 0.3) is 0 Å². The van der Waals surface area contributed by atoms with Gasteiger partial charge in [-0.1, -0.05) is 6.07 Å². The van der Waals surface area contributed by atoms with E-state index in [1.54, 1.807) is 13.2 Å². The fourth-order valence-corrected chi connectivity index (χ4v) is 1.57. The van der Waals surface area contributed by atoms with E-state index in [4.69, 9.17) is 10.5 Å². The molecule has 19 heavy (non-hydrogen) atoms. The van der Waals surface area contributed by atoms with Crippen LogP contribution in [0.3, 0.4) is 0 Å². The second kappa shape index (κ2) is 5.34. The first-order chi connectivity index (χ1) is 9.10. The summed E-state index contributed by atoms with van der Waals surface area (Å²) in [6.45, 7) is 1.93. The summed E-state index contributed by atoms with van der Waals surface area (Å²) in [6, 6.07) is 8.55. The van der Waals surface area contributed by atoms with E-state index in [0.717, 1.165) is 5.56 Å². The minimum atomic E-state index is -0.364. The van der Waals surface area contributed by atoms with Crippen LogP contribution in [0.2, 0.25) is 0 Å². The molecule has 0 fully saturated rings. The Balaban J connectivity index is 2.23. The highest BCUT2D eigenvalue weighted by atomic mass is 16.5. The third-order valence-electron chi connectivity index (χ3n) is 2.52. The molecular weight excluding hydrogens is 244 g/mol. The molecule has 0 saturated heterocycles. The van der Waals surface area contributed by atoms with Gasteiger partial charge >= 0.3 is 0 Å². The van der Waals surface area contributed by atoms with Gasteiger partial charge < -0.3 is 15.8 Å². The normalized spacial score (nSPS) is 10.0. The molecule has 0 aliphatic carbocycles. The van der Waals surface area contributed by atoms with E-state index in [2.05, 4.69) is 15.5 Å². The zero-order chi connectivity index (χ0) is 13.8. The molecule has 0 aliphatic heterocycles. The fraction of sp³-hybridized carbons (Fsp3) is 0.154. The van der Waals surface area contributed by atoms with Crippen LogP contribution in [-0.2, 0) is 0 Å². The van der Waals surface area contributed by atoms with Crippen molar-refractivity contribution in [2.24, 2.45) is 0 Å². The number of nitrogen functional groups attached to an aromatic ring is 1. The fourth-order valence-electron chi connectivity index (χ4n) is 1.57. The van der Waals surface area contributed by atoms with Crippen LogP contribution in [0.4, 0.5) is 11.5 Å². The predicted molar refractivity (Wildman–Crippen MR) is 72.1 cm³/mol. The lowest BCUT2D eigenvalue weighted by Gasteiger charge is -2.10. The molecule has 0 unspecified atom stereocenters. The summed E-state index contributed by atoms with van der Waals surface area (Å²) in [5.41, 5.74) is 7.21. The molecule has 3 N–H and O–H groups in total. The molecule has 6 nitrogen and oxygen atoms in total. The summed E-state index contributed by atoms with van der Waals surface area (Å²) in [7, 11) is 1.54. The number of methoxy groups -OCH3 is 1. The SMILES string of the molecule is COc1ccc(C)cc1NC(=O)c1ccc(N)nn1. The van der Waals surface area contributed by atoms with Crippen molar-refractivity contribution in [2.45, 2.75) is 6.92 Å². The Morgan fingerprint density at radius 3 is 2.68 bits per heavy atom. The molecule has 1 aromatic heterocycles. The summed E-state index contributed by atoms with van der Waals surface area (Å²) in [4.78, 5) is 12.0. The number of nitrogens with zero attached hydrogens (tertiary/aromatic N) is 2. The van der Waals surface area contributed by atoms with Crippen LogP contribution in [0.5, 0.6) is 5.75 Å². The number of carbonyl (C=O) groups excluding carboxylic acids is 1. The molecule has 98 valence electrons. The first-order valence-electron chi connectivity index (χ1n) is 5.65. The van der Waals surface area contributed by atoms with Crippen molar-refractivity contribution in [3.8, 4) is 5.75 Å². The van der Waals surface area contributed by atoms with Gasteiger partial charge in [0.1, 0.15) is 11.6 Å². The van der Waals surface area contributed by atoms with Gasteiger partial charge in [-0.15, -0.1) is 10.2 Å². The quantitative estimate of drug-likeness (QED) is 0.873. The van der Waals surface area contributed by atoms with Crippen LogP contribution in [0.15, 0.2) is 30.3 Å². The molecule has 0 radical (unpaired) electrons. The number of hydrogen-bond donors (Lipinski definition) is 2. The molecule has 0 bridgehead atoms. The Morgan fingerprint density at radius 2 is 2.05 bits per heavy atom. The number of amides is 1. The smallest absolute Gasteiger partial charge is 0.276 e. The highest BCUT2D eigenvalue weighted by Crippen LogP contribution is 2.25. The van der Waals surface area contributed by atoms with Gasteiger partial charge in [0.15, 0.2) is 5.69 Å². The second-order valence-electron chi connectivity index (χ2n) is 4.00. The van der Waals surface area contributed by atoms with E-state index in [1.165, 1.54) is 12.1 Å². The number of aromatic nitrogens is 2. The highest BCUT2D eigenvalue weighted by molar-refractivity contribution is 6.03. The van der Waals surface area contributed by atoms with Crippen LogP contribution >= 0.6 is 0 Å². The summed E-state index contributed by atoms with van der Waals surface area (Å²) < 4.78 is 5.19. The molecule has 0 spiro atoms. The number of carbonyl (C=O) groups is 1. The maximum Gasteiger partial charge on any atom is 0.276 e. The number of nitrogens with one attached hydrogen (secondary N) is 1. The van der Waals surface area contributed by atoms with Gasteiger partial charge in [0.2, 0.25) is 0 Å². The number of benzene rings is 1. The minimum Gasteiger partial charge on any atom is -0.495 e. The molecule has 2 aromatic rings. The van der Waals surface area contributed by atoms with Crippen molar-refractivity contribution in [2.75, 3.05) is 18.2 Å². The van der Waals surface area contributed by atoms with Crippen LogP contribution in [-0.4, -0.2) is 23.2 Å². The number of nitrogens with two attached hydrogens (primary N) is 1. The number of aryl methyl sites for hydroxylation is 1. The Kier molecular flexibility index (Phi) is 3.61. The molecular formula is C13H14N4O2. The van der Waals surface area contributed by atoms with Crippen molar-refractivity contribution >= 4 is 17.4 Å². The Bertz CT molecular complexity index is 596. The summed E-state index contributed by atoms with van der Waals surface area (Å²) >= 11 is 0. The molecule has 1 aromatic carbocycles. The summed E-state index contributed by atoms with van der Waals surface area (Å²) in [6.07, 6.45) is 0. The van der Waals surface area contributed by atoms with Crippen molar-refractivity contribution in [3.63, 3.8) is 0 Å². The van der Waals surface area contributed by atoms with Gasteiger partial charge in [-0.05, 0) is 36.8 Å². The van der Waals surface area contributed by atoms with Crippen molar-refractivity contribution in [1.29, 1.82) is 0 Å². The molecule has 0 atom stereocenters. The maximum atomic E-state index is 12.0. The Morgan fingerprint density at radius 1 is 1.26 bits per heavy atom. The van der Waals surface area contributed by atoms with Gasteiger partial charge in [0.05, 0.1) is 12.8 Å². The zero-order valence-electron chi connectivity index (χ0n) is 10.7. The van der Waals surface area contributed by atoms with Gasteiger partial charge in [-0.25, -0.2) is 0 Å². The van der Waals surface area contributed by atoms with Gasteiger partial charge in [0, 0.05) is 0 Å². The van der Waals surface area contributed by atoms with Gasteiger partial charge in [-0.2, -0.15) is 0 Å². The van der Waals surface area contributed by atoms with Gasteiger partial charge in [0.25, 0.3) is 5.91 Å². The van der Waals surface area contributed by atoms with Gasteiger partial charge in [-0.3, -0.25) is 4.79 Å². The molecule has 6 heteroatoms. The number of anilines is 2. The van der Waals surface area contributed by atoms with E-state index in [1.807, 2.05) is 19.1 Å². The van der Waals surface area contributed by atoms with Crippen LogP contribution < -0.4 is 15.8 Å². The standard InChI is InChI=1S/C13H14N4O2/c1-8-3-5-11(19-2)10(7-8)15-13(18)9-4-6-12(14)17-16-9/h3-7H,1-2H3,(H2,14,17)(H,15,18). The highest BCUT2D eigenvalue weighted by Gasteiger charge is 2.11. The van der Waals surface area contributed by atoms with Crippen molar-refractivity contribution in [1.82, 2.24) is 10.2 Å². The van der Waals surface area contributed by atoms with Crippen LogP contribution in [0.1, 0.15) is 16.1 Å². The zero-order valence-corrected chi connectivity index (χ0v) is 10.7.